The number of hydrogen-bond acceptors (Lipinski definition) is 3. The lowest BCUT2D eigenvalue weighted by atomic mass is 9.89. The average molecular weight is 289 g/mol. The second-order valence-corrected chi connectivity index (χ2v) is 4.94. The second kappa shape index (κ2) is 7.44. The van der Waals surface area contributed by atoms with E-state index in [1.807, 2.05) is 5.48 Å². The normalized spacial score (nSPS) is 14.7. The molecule has 1 N–H and O–H groups in total. The fourth-order valence-corrected chi connectivity index (χ4v) is 2.21. The number of benzene rings is 1. The zero-order valence-corrected chi connectivity index (χ0v) is 11.5. The van der Waals surface area contributed by atoms with Gasteiger partial charge in [-0.05, 0) is 37.1 Å². The van der Waals surface area contributed by atoms with Crippen LogP contribution in [0.4, 0.5) is 4.39 Å². The molecule has 0 unspecified atom stereocenters. The molecule has 0 aliphatic heterocycles. The van der Waals surface area contributed by atoms with Crippen LogP contribution in [-0.4, -0.2) is 11.9 Å². The lowest BCUT2D eigenvalue weighted by molar-refractivity contribution is -0.161. The van der Waals surface area contributed by atoms with E-state index < -0.39 is 11.9 Å². The van der Waals surface area contributed by atoms with Crippen LogP contribution in [0.2, 0.25) is 0 Å². The SMILES string of the molecule is O=C(C#Cc1ccc(F)cc1)NOC(=O)C1CCCCC1. The molecule has 0 bridgehead atoms. The molecular formula is C16H16FNO3. The summed E-state index contributed by atoms with van der Waals surface area (Å²) in [5, 5.41) is 0. The van der Waals surface area contributed by atoms with E-state index in [-0.39, 0.29) is 11.7 Å². The quantitative estimate of drug-likeness (QED) is 0.637. The fraction of sp³-hybridized carbons (Fsp3) is 0.375. The number of rotatable bonds is 1. The van der Waals surface area contributed by atoms with Crippen LogP contribution in [0.3, 0.4) is 0 Å². The summed E-state index contributed by atoms with van der Waals surface area (Å²) in [5.41, 5.74) is 2.53. The molecule has 0 radical (unpaired) electrons. The van der Waals surface area contributed by atoms with E-state index >= 15 is 0 Å². The van der Waals surface area contributed by atoms with Crippen molar-refractivity contribution in [1.29, 1.82) is 0 Å². The minimum atomic E-state index is -0.705. The third kappa shape index (κ3) is 4.92. The van der Waals surface area contributed by atoms with Crippen LogP contribution in [0.1, 0.15) is 37.7 Å². The Hall–Kier alpha value is -2.35. The van der Waals surface area contributed by atoms with Gasteiger partial charge in [-0.15, -0.1) is 0 Å². The summed E-state index contributed by atoms with van der Waals surface area (Å²) in [6.07, 6.45) is 4.77. The molecule has 0 heterocycles. The van der Waals surface area contributed by atoms with Crippen LogP contribution in [0.15, 0.2) is 24.3 Å². The molecule has 1 aromatic carbocycles. The Kier molecular flexibility index (Phi) is 5.33. The van der Waals surface area contributed by atoms with Gasteiger partial charge in [0.15, 0.2) is 0 Å². The minimum absolute atomic E-state index is 0.135. The Labute approximate surface area is 122 Å². The van der Waals surface area contributed by atoms with Crippen molar-refractivity contribution in [2.45, 2.75) is 32.1 Å². The van der Waals surface area contributed by atoms with E-state index in [2.05, 4.69) is 11.8 Å². The molecule has 4 nitrogen and oxygen atoms in total. The Morgan fingerprint density at radius 2 is 1.81 bits per heavy atom. The van der Waals surface area contributed by atoms with E-state index in [1.165, 1.54) is 24.3 Å². The van der Waals surface area contributed by atoms with Crippen molar-refractivity contribution in [3.05, 3.63) is 35.6 Å². The molecule has 1 amide bonds. The van der Waals surface area contributed by atoms with Crippen molar-refractivity contribution in [2.75, 3.05) is 0 Å². The number of hydrogen-bond donors (Lipinski definition) is 1. The summed E-state index contributed by atoms with van der Waals surface area (Å²) in [7, 11) is 0. The zero-order chi connectivity index (χ0) is 15.1. The van der Waals surface area contributed by atoms with Crippen LogP contribution in [-0.2, 0) is 14.4 Å². The van der Waals surface area contributed by atoms with Gasteiger partial charge in [-0.1, -0.05) is 25.2 Å². The van der Waals surface area contributed by atoms with Gasteiger partial charge in [0.25, 0.3) is 0 Å². The molecule has 110 valence electrons. The van der Waals surface area contributed by atoms with Gasteiger partial charge in [0.2, 0.25) is 0 Å². The maximum atomic E-state index is 12.7. The molecule has 1 aliphatic rings. The molecule has 0 aromatic heterocycles. The van der Waals surface area contributed by atoms with Gasteiger partial charge >= 0.3 is 11.9 Å². The van der Waals surface area contributed by atoms with Crippen LogP contribution in [0.25, 0.3) is 0 Å². The average Bonchev–Trinajstić information content (AvgIpc) is 2.53. The lowest BCUT2D eigenvalue weighted by Crippen LogP contribution is -2.30. The van der Waals surface area contributed by atoms with Crippen molar-refractivity contribution in [3.8, 4) is 11.8 Å². The molecule has 1 saturated carbocycles. The van der Waals surface area contributed by atoms with Crippen LogP contribution >= 0.6 is 0 Å². The van der Waals surface area contributed by atoms with Crippen molar-refractivity contribution in [2.24, 2.45) is 5.92 Å². The first-order chi connectivity index (χ1) is 10.1. The predicted octanol–water partition coefficient (Wildman–Crippen LogP) is 2.33. The van der Waals surface area contributed by atoms with Gasteiger partial charge in [0.1, 0.15) is 5.82 Å². The van der Waals surface area contributed by atoms with E-state index in [0.29, 0.717) is 5.56 Å². The van der Waals surface area contributed by atoms with E-state index in [1.54, 1.807) is 0 Å². The van der Waals surface area contributed by atoms with Crippen molar-refractivity contribution in [1.82, 2.24) is 5.48 Å². The first-order valence-corrected chi connectivity index (χ1v) is 6.93. The summed E-state index contributed by atoms with van der Waals surface area (Å²) in [6, 6.07) is 5.43. The fourth-order valence-electron chi connectivity index (χ4n) is 2.21. The Balaban J connectivity index is 1.79. The van der Waals surface area contributed by atoms with Gasteiger partial charge in [0.05, 0.1) is 5.92 Å². The number of halogens is 1. The Bertz CT molecular complexity index is 565. The lowest BCUT2D eigenvalue weighted by Gasteiger charge is -2.18. The van der Waals surface area contributed by atoms with Gasteiger partial charge in [-0.3, -0.25) is 4.79 Å². The molecule has 1 fully saturated rings. The Morgan fingerprint density at radius 1 is 1.14 bits per heavy atom. The summed E-state index contributed by atoms with van der Waals surface area (Å²) >= 11 is 0. The molecule has 1 aliphatic carbocycles. The van der Waals surface area contributed by atoms with Gasteiger partial charge < -0.3 is 4.84 Å². The van der Waals surface area contributed by atoms with E-state index in [9.17, 15) is 14.0 Å². The first kappa shape index (κ1) is 15.0. The van der Waals surface area contributed by atoms with Gasteiger partial charge in [-0.2, -0.15) is 5.48 Å². The minimum Gasteiger partial charge on any atom is -0.340 e. The third-order valence-corrected chi connectivity index (χ3v) is 3.35. The van der Waals surface area contributed by atoms with E-state index in [0.717, 1.165) is 32.1 Å². The topological polar surface area (TPSA) is 55.4 Å². The summed E-state index contributed by atoms with van der Waals surface area (Å²) in [5.74, 6) is 3.21. The highest BCUT2D eigenvalue weighted by atomic mass is 19.1. The maximum absolute atomic E-state index is 12.7. The molecule has 2 rings (SSSR count). The van der Waals surface area contributed by atoms with Gasteiger partial charge in [0, 0.05) is 11.5 Å². The van der Waals surface area contributed by atoms with Crippen molar-refractivity contribution < 1.29 is 18.8 Å². The van der Waals surface area contributed by atoms with Gasteiger partial charge in [-0.25, -0.2) is 9.18 Å². The monoisotopic (exact) mass is 289 g/mol. The van der Waals surface area contributed by atoms with Crippen LogP contribution < -0.4 is 5.48 Å². The smallest absolute Gasteiger partial charge is 0.335 e. The van der Waals surface area contributed by atoms with Crippen LogP contribution in [0.5, 0.6) is 0 Å². The van der Waals surface area contributed by atoms with Crippen molar-refractivity contribution >= 4 is 11.9 Å². The highest BCUT2D eigenvalue weighted by Gasteiger charge is 2.23. The molecule has 0 spiro atoms. The predicted molar refractivity (Wildman–Crippen MR) is 74.1 cm³/mol. The largest absolute Gasteiger partial charge is 0.340 e. The second-order valence-electron chi connectivity index (χ2n) is 4.94. The molecule has 0 atom stereocenters. The zero-order valence-electron chi connectivity index (χ0n) is 11.5. The highest BCUT2D eigenvalue weighted by Crippen LogP contribution is 2.24. The number of nitrogens with one attached hydrogen (secondary N) is 1. The molecule has 5 heteroatoms. The molecular weight excluding hydrogens is 273 g/mol. The number of amides is 1. The first-order valence-electron chi connectivity index (χ1n) is 6.93. The Morgan fingerprint density at radius 3 is 2.48 bits per heavy atom. The summed E-state index contributed by atoms with van der Waals surface area (Å²) in [6.45, 7) is 0. The highest BCUT2D eigenvalue weighted by molar-refractivity contribution is 5.94. The molecule has 0 saturated heterocycles. The number of carbonyl (C=O) groups is 2. The van der Waals surface area contributed by atoms with Crippen molar-refractivity contribution in [3.63, 3.8) is 0 Å². The third-order valence-electron chi connectivity index (χ3n) is 3.35. The number of carbonyl (C=O) groups excluding carboxylic acids is 2. The maximum Gasteiger partial charge on any atom is 0.335 e. The summed E-state index contributed by atoms with van der Waals surface area (Å²) in [4.78, 5) is 27.9. The van der Waals surface area contributed by atoms with Crippen LogP contribution in [0, 0.1) is 23.6 Å². The standard InChI is InChI=1S/C16H16FNO3/c17-14-9-6-12(7-10-14)8-11-15(19)18-21-16(20)13-4-2-1-3-5-13/h6-7,9-10,13H,1-5H2,(H,18,19). The van der Waals surface area contributed by atoms with E-state index in [4.69, 9.17) is 4.84 Å². The molecule has 1 aromatic rings. The molecule has 21 heavy (non-hydrogen) atoms. The number of hydroxylamine groups is 1. The summed E-state index contributed by atoms with van der Waals surface area (Å²) < 4.78 is 12.7.